The number of carbonyl (C=O) groups excluding carboxylic acids is 2. The van der Waals surface area contributed by atoms with E-state index in [2.05, 4.69) is 57.4 Å². The van der Waals surface area contributed by atoms with Crippen LogP contribution in [0.15, 0.2) is 64.3 Å². The van der Waals surface area contributed by atoms with Gasteiger partial charge in [0.1, 0.15) is 5.01 Å². The van der Waals surface area contributed by atoms with Crippen LogP contribution in [-0.4, -0.2) is 31.1 Å². The van der Waals surface area contributed by atoms with Gasteiger partial charge >= 0.3 is 11.9 Å². The van der Waals surface area contributed by atoms with Crippen molar-refractivity contribution in [2.75, 3.05) is 14.2 Å². The highest BCUT2D eigenvalue weighted by molar-refractivity contribution is 7.13. The van der Waals surface area contributed by atoms with E-state index in [4.69, 9.17) is 14.5 Å². The van der Waals surface area contributed by atoms with Gasteiger partial charge in [-0.05, 0) is 55.4 Å². The zero-order valence-electron chi connectivity index (χ0n) is 24.1. The van der Waals surface area contributed by atoms with Gasteiger partial charge in [-0.1, -0.05) is 57.2 Å². The van der Waals surface area contributed by atoms with Gasteiger partial charge < -0.3 is 14.8 Å². The van der Waals surface area contributed by atoms with Crippen molar-refractivity contribution in [2.45, 2.75) is 59.8 Å². The second-order valence-corrected chi connectivity index (χ2v) is 11.8. The van der Waals surface area contributed by atoms with Crippen molar-refractivity contribution >= 4 is 23.3 Å². The van der Waals surface area contributed by atoms with E-state index in [-0.39, 0.29) is 5.41 Å². The second-order valence-electron chi connectivity index (χ2n) is 11.0. The van der Waals surface area contributed by atoms with Crippen LogP contribution in [0.1, 0.15) is 62.8 Å². The molecular formula is C32H36N2O4S. The summed E-state index contributed by atoms with van der Waals surface area (Å²) in [6, 6.07) is 12.3. The van der Waals surface area contributed by atoms with Crippen LogP contribution in [0, 0.1) is 13.8 Å². The van der Waals surface area contributed by atoms with Gasteiger partial charge in [-0.2, -0.15) is 0 Å². The Bertz CT molecular complexity index is 1460. The Morgan fingerprint density at radius 1 is 0.897 bits per heavy atom. The zero-order valence-corrected chi connectivity index (χ0v) is 24.9. The number of nitrogens with one attached hydrogen (secondary N) is 1. The highest BCUT2D eigenvalue weighted by Crippen LogP contribution is 2.44. The van der Waals surface area contributed by atoms with Crippen LogP contribution in [0.3, 0.4) is 0 Å². The lowest BCUT2D eigenvalue weighted by Gasteiger charge is -2.31. The first kappa shape index (κ1) is 28.3. The minimum absolute atomic E-state index is 0.0566. The van der Waals surface area contributed by atoms with E-state index < -0.39 is 17.9 Å². The fraction of sp³-hybridized carbons (Fsp3) is 0.344. The van der Waals surface area contributed by atoms with Crippen LogP contribution in [0.2, 0.25) is 0 Å². The summed E-state index contributed by atoms with van der Waals surface area (Å²) < 4.78 is 10.3. The maximum absolute atomic E-state index is 13.0. The Morgan fingerprint density at radius 2 is 1.44 bits per heavy atom. The van der Waals surface area contributed by atoms with Gasteiger partial charge in [-0.25, -0.2) is 14.6 Å². The Morgan fingerprint density at radius 3 is 1.95 bits per heavy atom. The number of thiazole rings is 1. The fourth-order valence-corrected chi connectivity index (χ4v) is 6.18. The van der Waals surface area contributed by atoms with Crippen LogP contribution in [0.5, 0.6) is 0 Å². The van der Waals surface area contributed by atoms with Crippen molar-refractivity contribution in [3.8, 4) is 21.8 Å². The van der Waals surface area contributed by atoms with Crippen molar-refractivity contribution in [1.82, 2.24) is 10.3 Å². The predicted octanol–water partition coefficient (Wildman–Crippen LogP) is 6.97. The van der Waals surface area contributed by atoms with Crippen molar-refractivity contribution in [2.24, 2.45) is 0 Å². The topological polar surface area (TPSA) is 77.5 Å². The molecular weight excluding hydrogens is 508 g/mol. The molecule has 1 aliphatic rings. The summed E-state index contributed by atoms with van der Waals surface area (Å²) in [4.78, 5) is 31.1. The van der Waals surface area contributed by atoms with Crippen molar-refractivity contribution in [3.63, 3.8) is 0 Å². The molecule has 0 bridgehead atoms. The molecule has 0 saturated carbocycles. The summed E-state index contributed by atoms with van der Waals surface area (Å²) in [6.45, 7) is 14.5. The van der Waals surface area contributed by atoms with Gasteiger partial charge in [-0.15, -0.1) is 11.3 Å². The number of nitrogens with zero attached hydrogens (tertiary/aromatic N) is 1. The minimum Gasteiger partial charge on any atom is -0.466 e. The molecule has 2 aromatic carbocycles. The Balaban J connectivity index is 1.89. The third kappa shape index (κ3) is 5.28. The van der Waals surface area contributed by atoms with E-state index in [1.54, 1.807) is 11.3 Å². The number of hydrogen-bond acceptors (Lipinski definition) is 7. The SMILES string of the molecule is COC(=O)C1=C(C)NC(C)=C(C(=O)OC)C1c1ccccc1-c1nc(-c2c(C)cc(C(C)(C)C)cc2C)cs1. The number of aryl methyl sites for hydroxylation is 2. The summed E-state index contributed by atoms with van der Waals surface area (Å²) in [7, 11) is 2.69. The molecule has 7 heteroatoms. The number of allylic oxidation sites excluding steroid dienone is 2. The molecule has 39 heavy (non-hydrogen) atoms. The molecule has 204 valence electrons. The number of ether oxygens (including phenoxy) is 2. The Labute approximate surface area is 234 Å². The Hall–Kier alpha value is -3.71. The van der Waals surface area contributed by atoms with Crippen LogP contribution >= 0.6 is 11.3 Å². The average Bonchev–Trinajstić information content (AvgIpc) is 3.36. The number of dihydropyridines is 1. The maximum atomic E-state index is 13.0. The molecule has 1 aromatic heterocycles. The largest absolute Gasteiger partial charge is 0.466 e. The predicted molar refractivity (Wildman–Crippen MR) is 156 cm³/mol. The molecule has 1 aliphatic heterocycles. The standard InChI is InChI=1S/C32H36N2O4S/c1-17-14-21(32(5,6)7)15-18(2)25(17)24-16-39-29(34-24)23-13-11-10-12-22(23)28-26(30(35)37-8)19(3)33-20(4)27(28)31(36)38-9/h10-16,28,33H,1-9H3. The quantitative estimate of drug-likeness (QED) is 0.350. The first-order valence-corrected chi connectivity index (χ1v) is 13.8. The van der Waals surface area contributed by atoms with Gasteiger partial charge in [0.2, 0.25) is 0 Å². The van der Waals surface area contributed by atoms with Crippen LogP contribution in [0.25, 0.3) is 21.8 Å². The van der Waals surface area contributed by atoms with Gasteiger partial charge in [0.25, 0.3) is 0 Å². The van der Waals surface area contributed by atoms with Crippen molar-refractivity contribution in [1.29, 1.82) is 0 Å². The van der Waals surface area contributed by atoms with Crippen molar-refractivity contribution < 1.29 is 19.1 Å². The van der Waals surface area contributed by atoms with Crippen molar-refractivity contribution in [3.05, 3.63) is 86.6 Å². The first-order chi connectivity index (χ1) is 18.4. The molecule has 0 saturated heterocycles. The number of rotatable bonds is 5. The number of methoxy groups -OCH3 is 2. The van der Waals surface area contributed by atoms with Gasteiger partial charge in [0.05, 0.1) is 37.0 Å². The van der Waals surface area contributed by atoms with E-state index >= 15 is 0 Å². The minimum atomic E-state index is -0.677. The number of carbonyl (C=O) groups is 2. The molecule has 2 heterocycles. The van der Waals surface area contributed by atoms with E-state index in [9.17, 15) is 9.59 Å². The molecule has 3 aromatic rings. The number of benzene rings is 2. The highest BCUT2D eigenvalue weighted by atomic mass is 32.1. The normalized spacial score (nSPS) is 14.4. The Kier molecular flexibility index (Phi) is 7.84. The van der Waals surface area contributed by atoms with E-state index in [0.717, 1.165) is 27.4 Å². The molecule has 1 N–H and O–H groups in total. The van der Waals surface area contributed by atoms with Gasteiger partial charge in [0, 0.05) is 27.9 Å². The summed E-state index contributed by atoms with van der Waals surface area (Å²) in [5, 5.41) is 6.05. The monoisotopic (exact) mass is 544 g/mol. The van der Waals surface area contributed by atoms with Crippen LogP contribution in [0.4, 0.5) is 0 Å². The van der Waals surface area contributed by atoms with E-state index in [1.807, 2.05) is 38.1 Å². The summed E-state index contributed by atoms with van der Waals surface area (Å²) in [5.74, 6) is -1.68. The number of hydrogen-bond donors (Lipinski definition) is 1. The van der Waals surface area contributed by atoms with E-state index in [0.29, 0.717) is 22.5 Å². The molecule has 0 unspecified atom stereocenters. The van der Waals surface area contributed by atoms with Crippen LogP contribution in [-0.2, 0) is 24.5 Å². The molecule has 0 atom stereocenters. The summed E-state index contributed by atoms with van der Waals surface area (Å²) in [5.41, 5.74) is 9.41. The lowest BCUT2D eigenvalue weighted by molar-refractivity contribution is -0.137. The molecule has 4 rings (SSSR count). The molecule has 0 fully saturated rings. The molecule has 0 amide bonds. The second kappa shape index (κ2) is 10.8. The average molecular weight is 545 g/mol. The maximum Gasteiger partial charge on any atom is 0.336 e. The van der Waals surface area contributed by atoms with Gasteiger partial charge in [0.15, 0.2) is 0 Å². The third-order valence-electron chi connectivity index (χ3n) is 7.23. The van der Waals surface area contributed by atoms with E-state index in [1.165, 1.54) is 30.9 Å². The molecule has 0 aliphatic carbocycles. The zero-order chi connectivity index (χ0) is 28.6. The summed E-state index contributed by atoms with van der Waals surface area (Å²) in [6.07, 6.45) is 0. The summed E-state index contributed by atoms with van der Waals surface area (Å²) >= 11 is 1.54. The third-order valence-corrected chi connectivity index (χ3v) is 8.11. The van der Waals surface area contributed by atoms with Crippen LogP contribution < -0.4 is 5.32 Å². The molecule has 0 spiro atoms. The number of esters is 2. The lowest BCUT2D eigenvalue weighted by atomic mass is 9.78. The van der Waals surface area contributed by atoms with Gasteiger partial charge in [-0.3, -0.25) is 0 Å². The first-order valence-electron chi connectivity index (χ1n) is 12.9. The lowest BCUT2D eigenvalue weighted by Crippen LogP contribution is -2.32. The number of aromatic nitrogens is 1. The molecule has 0 radical (unpaired) electrons. The molecule has 6 nitrogen and oxygen atoms in total. The fourth-order valence-electron chi connectivity index (χ4n) is 5.32. The smallest absolute Gasteiger partial charge is 0.336 e. The highest BCUT2D eigenvalue weighted by Gasteiger charge is 2.39.